The lowest BCUT2D eigenvalue weighted by atomic mass is 10.2. The molecule has 0 unspecified atom stereocenters. The lowest BCUT2D eigenvalue weighted by Gasteiger charge is -2.10. The van der Waals surface area contributed by atoms with Crippen molar-refractivity contribution in [1.82, 2.24) is 20.1 Å². The van der Waals surface area contributed by atoms with Crippen molar-refractivity contribution in [3.05, 3.63) is 41.5 Å². The molecule has 2 aromatic rings. The molecule has 108 valence electrons. The molecular weight excluding hydrogens is 266 g/mol. The van der Waals surface area contributed by atoms with Crippen molar-refractivity contribution in [2.24, 2.45) is 0 Å². The number of rotatable bonds is 6. The number of benzene rings is 1. The van der Waals surface area contributed by atoms with Gasteiger partial charge in [-0.3, -0.25) is 0 Å². The van der Waals surface area contributed by atoms with Crippen LogP contribution in [0.15, 0.2) is 18.5 Å². The van der Waals surface area contributed by atoms with E-state index in [9.17, 15) is 8.78 Å². The van der Waals surface area contributed by atoms with Gasteiger partial charge in [0.2, 0.25) is 0 Å². The van der Waals surface area contributed by atoms with Gasteiger partial charge in [0.25, 0.3) is 0 Å². The second-order valence-electron chi connectivity index (χ2n) is 4.20. The van der Waals surface area contributed by atoms with Crippen molar-refractivity contribution in [3.8, 4) is 5.75 Å². The van der Waals surface area contributed by atoms with E-state index in [4.69, 9.17) is 4.74 Å². The summed E-state index contributed by atoms with van der Waals surface area (Å²) in [6, 6.07) is 2.50. The molecule has 1 heterocycles. The summed E-state index contributed by atoms with van der Waals surface area (Å²) in [6.07, 6.45) is 1.38. The minimum atomic E-state index is -0.724. The number of aryl methyl sites for hydroxylation is 1. The van der Waals surface area contributed by atoms with Gasteiger partial charge in [-0.2, -0.15) is 5.10 Å². The van der Waals surface area contributed by atoms with E-state index in [1.165, 1.54) is 18.5 Å². The van der Waals surface area contributed by atoms with Gasteiger partial charge in [0, 0.05) is 13.1 Å². The molecule has 1 N–H and O–H groups in total. The number of nitrogens with one attached hydrogen (secondary N) is 1. The topological polar surface area (TPSA) is 52.0 Å². The SMILES string of the molecule is CCn1ncnc1COc1c(F)cc(CNC)cc1F. The number of nitrogens with zero attached hydrogens (tertiary/aromatic N) is 3. The number of ether oxygens (including phenoxy) is 1. The van der Waals surface area contributed by atoms with Crippen LogP contribution in [0, 0.1) is 11.6 Å². The van der Waals surface area contributed by atoms with Crippen LogP contribution in [-0.4, -0.2) is 21.8 Å². The van der Waals surface area contributed by atoms with E-state index >= 15 is 0 Å². The minimum Gasteiger partial charge on any atom is -0.479 e. The molecule has 0 atom stereocenters. The zero-order chi connectivity index (χ0) is 14.5. The summed E-state index contributed by atoms with van der Waals surface area (Å²) in [5.74, 6) is -1.32. The molecule has 0 bridgehead atoms. The first-order chi connectivity index (χ1) is 9.65. The molecule has 0 aliphatic carbocycles. The fraction of sp³-hybridized carbons (Fsp3) is 0.385. The van der Waals surface area contributed by atoms with E-state index in [1.807, 2.05) is 6.92 Å². The molecule has 0 fully saturated rings. The van der Waals surface area contributed by atoms with Crippen molar-refractivity contribution >= 4 is 0 Å². The molecule has 0 amide bonds. The summed E-state index contributed by atoms with van der Waals surface area (Å²) in [7, 11) is 1.71. The van der Waals surface area contributed by atoms with Crippen molar-refractivity contribution in [1.29, 1.82) is 0 Å². The van der Waals surface area contributed by atoms with E-state index in [2.05, 4.69) is 15.4 Å². The molecule has 20 heavy (non-hydrogen) atoms. The monoisotopic (exact) mass is 282 g/mol. The predicted octanol–water partition coefficient (Wildman–Crippen LogP) is 1.87. The highest BCUT2D eigenvalue weighted by Crippen LogP contribution is 2.24. The number of halogens is 2. The largest absolute Gasteiger partial charge is 0.479 e. The van der Waals surface area contributed by atoms with E-state index in [1.54, 1.807) is 11.7 Å². The quantitative estimate of drug-likeness (QED) is 0.879. The van der Waals surface area contributed by atoms with Crippen LogP contribution in [0.2, 0.25) is 0 Å². The van der Waals surface area contributed by atoms with E-state index < -0.39 is 17.4 Å². The van der Waals surface area contributed by atoms with Crippen molar-refractivity contribution in [3.63, 3.8) is 0 Å². The van der Waals surface area contributed by atoms with Gasteiger partial charge >= 0.3 is 0 Å². The van der Waals surface area contributed by atoms with Crippen LogP contribution < -0.4 is 10.1 Å². The average molecular weight is 282 g/mol. The second kappa shape index (κ2) is 6.42. The maximum Gasteiger partial charge on any atom is 0.191 e. The van der Waals surface area contributed by atoms with Crippen LogP contribution in [0.3, 0.4) is 0 Å². The van der Waals surface area contributed by atoms with Gasteiger partial charge in [0.15, 0.2) is 23.2 Å². The first kappa shape index (κ1) is 14.4. The summed E-state index contributed by atoms with van der Waals surface area (Å²) < 4.78 is 34.4. The fourth-order valence-electron chi connectivity index (χ4n) is 1.86. The summed E-state index contributed by atoms with van der Waals surface area (Å²) in [5.41, 5.74) is 0.520. The van der Waals surface area contributed by atoms with Gasteiger partial charge < -0.3 is 10.1 Å². The van der Waals surface area contributed by atoms with Gasteiger partial charge in [-0.15, -0.1) is 0 Å². The Balaban J connectivity index is 2.13. The Morgan fingerprint density at radius 2 is 2.00 bits per heavy atom. The van der Waals surface area contributed by atoms with Crippen LogP contribution in [-0.2, 0) is 19.7 Å². The zero-order valence-electron chi connectivity index (χ0n) is 11.4. The Labute approximate surface area is 115 Å². The molecule has 7 heteroatoms. The van der Waals surface area contributed by atoms with Gasteiger partial charge in [0.1, 0.15) is 12.9 Å². The molecule has 5 nitrogen and oxygen atoms in total. The number of hydrogen-bond acceptors (Lipinski definition) is 4. The smallest absolute Gasteiger partial charge is 0.191 e. The van der Waals surface area contributed by atoms with Crippen LogP contribution >= 0.6 is 0 Å². The molecular formula is C13H16F2N4O. The molecule has 1 aromatic heterocycles. The highest BCUT2D eigenvalue weighted by Gasteiger charge is 2.14. The van der Waals surface area contributed by atoms with E-state index in [0.29, 0.717) is 24.5 Å². The molecule has 0 aliphatic rings. The highest BCUT2D eigenvalue weighted by atomic mass is 19.1. The van der Waals surface area contributed by atoms with Gasteiger partial charge in [-0.05, 0) is 31.7 Å². The first-order valence-corrected chi connectivity index (χ1v) is 6.27. The van der Waals surface area contributed by atoms with E-state index in [0.717, 1.165) is 0 Å². The first-order valence-electron chi connectivity index (χ1n) is 6.27. The highest BCUT2D eigenvalue weighted by molar-refractivity contribution is 5.31. The Morgan fingerprint density at radius 3 is 2.60 bits per heavy atom. The second-order valence-corrected chi connectivity index (χ2v) is 4.20. The Morgan fingerprint density at radius 1 is 1.30 bits per heavy atom. The third kappa shape index (κ3) is 3.11. The predicted molar refractivity (Wildman–Crippen MR) is 69.1 cm³/mol. The molecule has 0 saturated heterocycles. The number of aromatic nitrogens is 3. The Kier molecular flexibility index (Phi) is 4.62. The van der Waals surface area contributed by atoms with Gasteiger partial charge in [-0.1, -0.05) is 0 Å². The molecule has 0 aliphatic heterocycles. The lowest BCUT2D eigenvalue weighted by Crippen LogP contribution is -2.10. The summed E-state index contributed by atoms with van der Waals surface area (Å²) >= 11 is 0. The molecule has 1 aromatic carbocycles. The van der Waals surface area contributed by atoms with Gasteiger partial charge in [0.05, 0.1) is 0 Å². The molecule has 0 saturated carbocycles. The van der Waals surface area contributed by atoms with Gasteiger partial charge in [-0.25, -0.2) is 18.4 Å². The Bertz CT molecular complexity index is 562. The summed E-state index contributed by atoms with van der Waals surface area (Å²) in [4.78, 5) is 3.98. The van der Waals surface area contributed by atoms with Crippen molar-refractivity contribution in [2.75, 3.05) is 7.05 Å². The van der Waals surface area contributed by atoms with E-state index in [-0.39, 0.29) is 6.61 Å². The maximum absolute atomic E-state index is 13.8. The standard InChI is InChI=1S/C13H16F2N4O/c1-3-19-12(17-8-18-19)7-20-13-10(14)4-9(6-16-2)5-11(13)15/h4-5,8,16H,3,6-7H2,1-2H3. The Hall–Kier alpha value is -2.02. The molecule has 0 spiro atoms. The van der Waals surface area contributed by atoms with Crippen molar-refractivity contribution < 1.29 is 13.5 Å². The summed E-state index contributed by atoms with van der Waals surface area (Å²) in [5, 5.41) is 6.79. The van der Waals surface area contributed by atoms with Crippen molar-refractivity contribution in [2.45, 2.75) is 26.6 Å². The number of hydrogen-bond donors (Lipinski definition) is 1. The van der Waals surface area contributed by atoms with Crippen LogP contribution in [0.5, 0.6) is 5.75 Å². The molecule has 0 radical (unpaired) electrons. The van der Waals surface area contributed by atoms with Crippen LogP contribution in [0.25, 0.3) is 0 Å². The summed E-state index contributed by atoms with van der Waals surface area (Å²) in [6.45, 7) is 2.86. The third-order valence-electron chi connectivity index (χ3n) is 2.78. The maximum atomic E-state index is 13.8. The normalized spacial score (nSPS) is 10.8. The third-order valence-corrected chi connectivity index (χ3v) is 2.78. The average Bonchev–Trinajstić information content (AvgIpc) is 2.85. The lowest BCUT2D eigenvalue weighted by molar-refractivity contribution is 0.259. The minimum absolute atomic E-state index is 0.0347. The van der Waals surface area contributed by atoms with Crippen LogP contribution in [0.1, 0.15) is 18.3 Å². The zero-order valence-corrected chi connectivity index (χ0v) is 11.4. The van der Waals surface area contributed by atoms with Crippen LogP contribution in [0.4, 0.5) is 8.78 Å². The fourth-order valence-corrected chi connectivity index (χ4v) is 1.86. The molecule has 2 rings (SSSR count).